The Hall–Kier alpha value is -1.06. The Kier molecular flexibility index (Phi) is 3.69. The maximum atomic E-state index is 11.8. The van der Waals surface area contributed by atoms with Gasteiger partial charge in [-0.15, -0.1) is 0 Å². The van der Waals surface area contributed by atoms with Gasteiger partial charge in [-0.05, 0) is 29.7 Å². The van der Waals surface area contributed by atoms with E-state index in [1.165, 1.54) is 0 Å². The first-order valence-electron chi connectivity index (χ1n) is 5.77. The van der Waals surface area contributed by atoms with Gasteiger partial charge < -0.3 is 9.64 Å². The molecule has 0 atom stereocenters. The molecule has 0 saturated carbocycles. The van der Waals surface area contributed by atoms with E-state index in [0.29, 0.717) is 24.1 Å². The van der Waals surface area contributed by atoms with Crippen molar-refractivity contribution in [3.05, 3.63) is 28.8 Å². The van der Waals surface area contributed by atoms with Crippen LogP contribution in [0.5, 0.6) is 0 Å². The van der Waals surface area contributed by atoms with Crippen molar-refractivity contribution in [3.63, 3.8) is 0 Å². The monoisotopic (exact) mass is 253 g/mol. The molecule has 1 aliphatic heterocycles. The Morgan fingerprint density at radius 1 is 1.41 bits per heavy atom. The van der Waals surface area contributed by atoms with E-state index in [-0.39, 0.29) is 12.5 Å². The van der Waals surface area contributed by atoms with Gasteiger partial charge in [-0.3, -0.25) is 4.79 Å². The Labute approximate surface area is 106 Å². The number of amides is 1. The fourth-order valence-corrected chi connectivity index (χ4v) is 2.19. The van der Waals surface area contributed by atoms with E-state index in [0.717, 1.165) is 11.3 Å². The first-order chi connectivity index (χ1) is 8.09. The number of ether oxygens (including phenoxy) is 1. The van der Waals surface area contributed by atoms with E-state index in [4.69, 9.17) is 16.3 Å². The summed E-state index contributed by atoms with van der Waals surface area (Å²) in [5.74, 6) is 0.347. The third-order valence-electron chi connectivity index (χ3n) is 2.89. The molecule has 0 bridgehead atoms. The van der Waals surface area contributed by atoms with Crippen molar-refractivity contribution in [2.45, 2.75) is 19.8 Å². The maximum absolute atomic E-state index is 11.8. The summed E-state index contributed by atoms with van der Waals surface area (Å²) >= 11 is 6.01. The van der Waals surface area contributed by atoms with Gasteiger partial charge in [0, 0.05) is 17.3 Å². The van der Waals surface area contributed by atoms with Crippen LogP contribution in [-0.4, -0.2) is 25.7 Å². The number of halogens is 1. The predicted molar refractivity (Wildman–Crippen MR) is 68.7 cm³/mol. The van der Waals surface area contributed by atoms with Crippen molar-refractivity contribution in [1.29, 1.82) is 0 Å². The molecule has 0 aliphatic carbocycles. The lowest BCUT2D eigenvalue weighted by Gasteiger charge is -2.29. The van der Waals surface area contributed by atoms with Crippen LogP contribution in [0, 0.1) is 0 Å². The highest BCUT2D eigenvalue weighted by molar-refractivity contribution is 6.30. The predicted octanol–water partition coefficient (Wildman–Crippen LogP) is 2.83. The number of hydrogen-bond donors (Lipinski definition) is 0. The Balaban J connectivity index is 2.39. The molecule has 1 fully saturated rings. The van der Waals surface area contributed by atoms with Crippen molar-refractivity contribution >= 4 is 23.2 Å². The number of benzene rings is 1. The van der Waals surface area contributed by atoms with E-state index >= 15 is 0 Å². The second-order valence-electron chi connectivity index (χ2n) is 4.46. The fourth-order valence-electron chi connectivity index (χ4n) is 2.01. The van der Waals surface area contributed by atoms with Crippen LogP contribution in [0.25, 0.3) is 0 Å². The Bertz CT molecular complexity index is 431. The van der Waals surface area contributed by atoms with Gasteiger partial charge in [0.1, 0.15) is 6.61 Å². The average Bonchev–Trinajstić information content (AvgIpc) is 2.30. The van der Waals surface area contributed by atoms with Crippen molar-refractivity contribution < 1.29 is 9.53 Å². The van der Waals surface area contributed by atoms with Crippen LogP contribution in [0.2, 0.25) is 5.02 Å². The highest BCUT2D eigenvalue weighted by atomic mass is 35.5. The van der Waals surface area contributed by atoms with Gasteiger partial charge in [0.25, 0.3) is 5.91 Å². The number of carbonyl (C=O) groups excluding carboxylic acids is 1. The standard InChI is InChI=1S/C13H16ClNO2/c1-9(2)11-7-10(14)3-4-12(11)15-5-6-17-8-13(15)16/h3-4,7,9H,5-6,8H2,1-2H3. The molecule has 1 amide bonds. The van der Waals surface area contributed by atoms with Crippen LogP contribution in [-0.2, 0) is 9.53 Å². The molecule has 0 radical (unpaired) electrons. The number of rotatable bonds is 2. The zero-order valence-electron chi connectivity index (χ0n) is 10.1. The van der Waals surface area contributed by atoms with Crippen molar-refractivity contribution in [2.75, 3.05) is 24.7 Å². The molecule has 3 nitrogen and oxygen atoms in total. The van der Waals surface area contributed by atoms with Gasteiger partial charge in [0.15, 0.2) is 0 Å². The molecule has 0 spiro atoms. The second kappa shape index (κ2) is 5.07. The molecule has 1 saturated heterocycles. The number of hydrogen-bond acceptors (Lipinski definition) is 2. The minimum Gasteiger partial charge on any atom is -0.370 e. The molecule has 4 heteroatoms. The number of carbonyl (C=O) groups is 1. The lowest BCUT2D eigenvalue weighted by atomic mass is 10.00. The van der Waals surface area contributed by atoms with Crippen molar-refractivity contribution in [1.82, 2.24) is 0 Å². The zero-order chi connectivity index (χ0) is 12.4. The average molecular weight is 254 g/mol. The van der Waals surface area contributed by atoms with E-state index in [2.05, 4.69) is 13.8 Å². The van der Waals surface area contributed by atoms with Crippen molar-refractivity contribution in [3.8, 4) is 0 Å². The van der Waals surface area contributed by atoms with Gasteiger partial charge in [-0.1, -0.05) is 25.4 Å². The highest BCUT2D eigenvalue weighted by Gasteiger charge is 2.23. The van der Waals surface area contributed by atoms with Crippen LogP contribution in [0.4, 0.5) is 5.69 Å². The molecule has 1 aliphatic rings. The lowest BCUT2D eigenvalue weighted by Crippen LogP contribution is -2.42. The first kappa shape index (κ1) is 12.4. The van der Waals surface area contributed by atoms with Gasteiger partial charge in [0.2, 0.25) is 0 Å². The van der Waals surface area contributed by atoms with Crippen LogP contribution >= 0.6 is 11.6 Å². The van der Waals surface area contributed by atoms with Gasteiger partial charge >= 0.3 is 0 Å². The summed E-state index contributed by atoms with van der Waals surface area (Å²) < 4.78 is 5.14. The minimum absolute atomic E-state index is 0.0143. The first-order valence-corrected chi connectivity index (χ1v) is 6.15. The Morgan fingerprint density at radius 2 is 2.18 bits per heavy atom. The van der Waals surface area contributed by atoms with Crippen LogP contribution in [0.1, 0.15) is 25.3 Å². The number of anilines is 1. The summed E-state index contributed by atoms with van der Waals surface area (Å²) in [6.45, 7) is 5.56. The third-order valence-corrected chi connectivity index (χ3v) is 3.12. The van der Waals surface area contributed by atoms with Gasteiger partial charge in [-0.2, -0.15) is 0 Å². The second-order valence-corrected chi connectivity index (χ2v) is 4.89. The lowest BCUT2D eigenvalue weighted by molar-refractivity contribution is -0.125. The third kappa shape index (κ3) is 2.61. The molecule has 0 N–H and O–H groups in total. The summed E-state index contributed by atoms with van der Waals surface area (Å²) in [6.07, 6.45) is 0. The smallest absolute Gasteiger partial charge is 0.253 e. The molecule has 1 aromatic rings. The molecule has 17 heavy (non-hydrogen) atoms. The van der Waals surface area contributed by atoms with Crippen LogP contribution in [0.3, 0.4) is 0 Å². The summed E-state index contributed by atoms with van der Waals surface area (Å²) in [6, 6.07) is 5.68. The fraction of sp³-hybridized carbons (Fsp3) is 0.462. The summed E-state index contributed by atoms with van der Waals surface area (Å²) in [5, 5.41) is 0.707. The maximum Gasteiger partial charge on any atom is 0.253 e. The summed E-state index contributed by atoms with van der Waals surface area (Å²) in [7, 11) is 0. The topological polar surface area (TPSA) is 29.5 Å². The highest BCUT2D eigenvalue weighted by Crippen LogP contribution is 2.31. The van der Waals surface area contributed by atoms with E-state index < -0.39 is 0 Å². The van der Waals surface area contributed by atoms with Crippen LogP contribution in [0.15, 0.2) is 18.2 Å². The number of morpholine rings is 1. The van der Waals surface area contributed by atoms with Gasteiger partial charge in [-0.25, -0.2) is 0 Å². The molecule has 1 aromatic carbocycles. The molecule has 0 unspecified atom stereocenters. The van der Waals surface area contributed by atoms with Crippen LogP contribution < -0.4 is 4.90 Å². The zero-order valence-corrected chi connectivity index (χ0v) is 10.8. The molecular formula is C13H16ClNO2. The molecule has 92 valence electrons. The van der Waals surface area contributed by atoms with E-state index in [1.54, 1.807) is 4.90 Å². The molecular weight excluding hydrogens is 238 g/mol. The van der Waals surface area contributed by atoms with Gasteiger partial charge in [0.05, 0.1) is 6.61 Å². The molecule has 0 aromatic heterocycles. The molecule has 2 rings (SSSR count). The normalized spacial score (nSPS) is 16.7. The summed E-state index contributed by atoms with van der Waals surface area (Å²) in [5.41, 5.74) is 2.06. The number of nitrogens with zero attached hydrogens (tertiary/aromatic N) is 1. The minimum atomic E-state index is 0.0143. The van der Waals surface area contributed by atoms with E-state index in [1.807, 2.05) is 18.2 Å². The summed E-state index contributed by atoms with van der Waals surface area (Å²) in [4.78, 5) is 13.6. The molecule has 1 heterocycles. The largest absolute Gasteiger partial charge is 0.370 e. The van der Waals surface area contributed by atoms with E-state index in [9.17, 15) is 4.79 Å². The SMILES string of the molecule is CC(C)c1cc(Cl)ccc1N1CCOCC1=O. The van der Waals surface area contributed by atoms with Crippen molar-refractivity contribution in [2.24, 2.45) is 0 Å². The Morgan fingerprint density at radius 3 is 2.82 bits per heavy atom. The quantitative estimate of drug-likeness (QED) is 0.811.